The van der Waals surface area contributed by atoms with Crippen molar-refractivity contribution in [1.82, 2.24) is 14.1 Å². The van der Waals surface area contributed by atoms with Crippen molar-refractivity contribution < 1.29 is 23.2 Å². The second-order valence-electron chi connectivity index (χ2n) is 8.40. The number of hydrogen-bond donors (Lipinski definition) is 1. The summed E-state index contributed by atoms with van der Waals surface area (Å²) in [6.07, 6.45) is 6.91. The zero-order valence-electron chi connectivity index (χ0n) is 18.9. The quantitative estimate of drug-likeness (QED) is 0.295. The van der Waals surface area contributed by atoms with E-state index in [1.165, 1.54) is 24.3 Å². The predicted octanol–water partition coefficient (Wildman–Crippen LogP) is 5.31. The Morgan fingerprint density at radius 2 is 2.06 bits per heavy atom. The van der Waals surface area contributed by atoms with Crippen LogP contribution in [-0.4, -0.2) is 36.0 Å². The summed E-state index contributed by atoms with van der Waals surface area (Å²) >= 11 is 3.47. The minimum absolute atomic E-state index is 0.0240. The summed E-state index contributed by atoms with van der Waals surface area (Å²) in [5, 5.41) is 11.6. The van der Waals surface area contributed by atoms with Crippen LogP contribution in [0, 0.1) is 5.82 Å². The van der Waals surface area contributed by atoms with Crippen molar-refractivity contribution in [1.29, 1.82) is 0 Å². The van der Waals surface area contributed by atoms with Gasteiger partial charge in [-0.25, -0.2) is 14.2 Å². The number of esters is 1. The zero-order chi connectivity index (χ0) is 24.7. The maximum absolute atomic E-state index is 13.4. The lowest BCUT2D eigenvalue weighted by atomic mass is 10.0. The van der Waals surface area contributed by atoms with Crippen molar-refractivity contribution in [3.63, 3.8) is 0 Å². The number of carbonyl (C=O) groups excluding carboxylic acids is 1. The molecule has 0 aliphatic heterocycles. The van der Waals surface area contributed by atoms with Gasteiger partial charge in [-0.05, 0) is 66.0 Å². The highest BCUT2D eigenvalue weighted by Crippen LogP contribution is 2.46. The van der Waals surface area contributed by atoms with Crippen LogP contribution >= 0.6 is 15.9 Å². The molecule has 0 saturated heterocycles. The van der Waals surface area contributed by atoms with Crippen molar-refractivity contribution >= 4 is 43.6 Å². The number of aromatic hydroxyl groups is 1. The summed E-state index contributed by atoms with van der Waals surface area (Å²) < 4.78 is 36.6. The third-order valence-electron chi connectivity index (χ3n) is 6.06. The Hall–Kier alpha value is -2.98. The van der Waals surface area contributed by atoms with Crippen LogP contribution in [0.15, 0.2) is 58.4 Å². The van der Waals surface area contributed by atoms with Crippen LogP contribution < -0.4 is 0 Å². The van der Waals surface area contributed by atoms with E-state index in [2.05, 4.69) is 25.5 Å². The lowest BCUT2D eigenvalue weighted by Gasteiger charge is -2.12. The lowest BCUT2D eigenvalue weighted by molar-refractivity contribution is 0.0527. The largest absolute Gasteiger partial charge is 0.506 e. The van der Waals surface area contributed by atoms with E-state index in [4.69, 9.17) is 4.74 Å². The van der Waals surface area contributed by atoms with E-state index in [0.29, 0.717) is 31.6 Å². The molecular weight excluding hydrogens is 537 g/mol. The smallest absolute Gasteiger partial charge is 0.340 e. The molecule has 1 aliphatic rings. The number of aromatic nitrogens is 3. The number of ether oxygens (including phenoxy) is 1. The van der Waals surface area contributed by atoms with Gasteiger partial charge in [0, 0.05) is 40.0 Å². The van der Waals surface area contributed by atoms with E-state index in [0.717, 1.165) is 18.4 Å². The normalized spacial score (nSPS) is 14.4. The maximum Gasteiger partial charge on any atom is 0.340 e. The first-order chi connectivity index (χ1) is 16.9. The average molecular weight is 560 g/mol. The molecule has 1 atom stereocenters. The average Bonchev–Trinajstić information content (AvgIpc) is 3.43. The summed E-state index contributed by atoms with van der Waals surface area (Å²) in [4.78, 5) is 17.9. The minimum Gasteiger partial charge on any atom is -0.506 e. The van der Waals surface area contributed by atoms with Crippen LogP contribution in [-0.2, 0) is 27.8 Å². The van der Waals surface area contributed by atoms with E-state index >= 15 is 0 Å². The molecule has 2 heterocycles. The number of phenols is 1. The first kappa shape index (κ1) is 23.7. The number of phenolic OH excluding ortho intramolecular Hbond substituents is 1. The number of benzene rings is 2. The summed E-state index contributed by atoms with van der Waals surface area (Å²) in [6, 6.07) is 7.48. The third kappa shape index (κ3) is 4.52. The number of fused-ring (bicyclic) bond motifs is 1. The molecule has 4 aromatic rings. The van der Waals surface area contributed by atoms with Crippen LogP contribution in [0.25, 0.3) is 10.9 Å². The van der Waals surface area contributed by atoms with E-state index < -0.39 is 22.6 Å². The Morgan fingerprint density at radius 1 is 1.31 bits per heavy atom. The Morgan fingerprint density at radius 3 is 2.69 bits per heavy atom. The fourth-order valence-corrected chi connectivity index (χ4v) is 5.98. The van der Waals surface area contributed by atoms with Gasteiger partial charge in [-0.1, -0.05) is 0 Å². The Bertz CT molecular complexity index is 1430. The molecule has 2 aromatic carbocycles. The molecule has 0 spiro atoms. The van der Waals surface area contributed by atoms with Crippen molar-refractivity contribution in [3.8, 4) is 5.75 Å². The van der Waals surface area contributed by atoms with E-state index in [-0.39, 0.29) is 30.7 Å². The highest BCUT2D eigenvalue weighted by molar-refractivity contribution is 9.10. The van der Waals surface area contributed by atoms with Crippen LogP contribution in [0.1, 0.15) is 47.4 Å². The molecule has 5 rings (SSSR count). The number of nitrogens with zero attached hydrogens (tertiary/aromatic N) is 3. The molecule has 0 amide bonds. The van der Waals surface area contributed by atoms with Crippen LogP contribution in [0.5, 0.6) is 5.75 Å². The Balaban J connectivity index is 1.75. The van der Waals surface area contributed by atoms with E-state index in [1.54, 1.807) is 36.3 Å². The van der Waals surface area contributed by atoms with Gasteiger partial charge in [0.1, 0.15) is 11.6 Å². The SMILES string of the molecule is CCOC(=O)c1c(CS(=O)c2ccc(F)cc2)n(C2CC2)c2cc(Br)c(O)c(Cn3ccnc3)c12. The van der Waals surface area contributed by atoms with Crippen LogP contribution in [0.4, 0.5) is 4.39 Å². The second-order valence-corrected chi connectivity index (χ2v) is 10.7. The van der Waals surface area contributed by atoms with E-state index in [9.17, 15) is 18.5 Å². The molecule has 0 radical (unpaired) electrons. The second kappa shape index (κ2) is 9.58. The topological polar surface area (TPSA) is 86.4 Å². The number of carbonyl (C=O) groups is 1. The Labute approximate surface area is 212 Å². The highest BCUT2D eigenvalue weighted by Gasteiger charge is 2.35. The number of hydrogen-bond acceptors (Lipinski definition) is 5. The molecule has 2 aromatic heterocycles. The van der Waals surface area contributed by atoms with Crippen molar-refractivity contribution in [2.24, 2.45) is 0 Å². The minimum atomic E-state index is -1.53. The maximum atomic E-state index is 13.4. The monoisotopic (exact) mass is 559 g/mol. The summed E-state index contributed by atoms with van der Waals surface area (Å²) in [6.45, 7) is 2.19. The molecular formula is C25H23BrFN3O4S. The van der Waals surface area contributed by atoms with Gasteiger partial charge in [0.25, 0.3) is 0 Å². The highest BCUT2D eigenvalue weighted by atomic mass is 79.9. The fraction of sp³-hybridized carbons (Fsp3) is 0.280. The molecule has 1 fully saturated rings. The third-order valence-corrected chi connectivity index (χ3v) is 8.00. The molecule has 1 aliphatic carbocycles. The van der Waals surface area contributed by atoms with Gasteiger partial charge in [-0.3, -0.25) is 4.21 Å². The first-order valence-corrected chi connectivity index (χ1v) is 13.3. The van der Waals surface area contributed by atoms with Gasteiger partial charge >= 0.3 is 5.97 Å². The van der Waals surface area contributed by atoms with Gasteiger partial charge in [0.2, 0.25) is 0 Å². The first-order valence-electron chi connectivity index (χ1n) is 11.2. The van der Waals surface area contributed by atoms with Crippen LogP contribution in [0.3, 0.4) is 0 Å². The molecule has 1 N–H and O–H groups in total. The van der Waals surface area contributed by atoms with Gasteiger partial charge in [0.15, 0.2) is 0 Å². The number of rotatable bonds is 8. The fourth-order valence-electron chi connectivity index (χ4n) is 4.38. The summed E-state index contributed by atoms with van der Waals surface area (Å²) in [5.74, 6) is -0.865. The summed E-state index contributed by atoms with van der Waals surface area (Å²) in [7, 11) is -1.53. The zero-order valence-corrected chi connectivity index (χ0v) is 21.3. The van der Waals surface area contributed by atoms with Gasteiger partial charge in [-0.2, -0.15) is 0 Å². The lowest BCUT2D eigenvalue weighted by Crippen LogP contribution is -2.12. The number of imidazole rings is 1. The standard InChI is InChI=1S/C25H23BrFN3O4S/c1-2-34-25(32)23-21(13-35(33)17-7-3-15(27)4-8-17)30(16-5-6-16)20-11-19(26)24(31)18(22(20)23)12-29-10-9-28-14-29/h3-4,7-11,14,16,31H,2,5-6,12-13H2,1H3. The summed E-state index contributed by atoms with van der Waals surface area (Å²) in [5.41, 5.74) is 2.21. The van der Waals surface area contributed by atoms with Gasteiger partial charge < -0.3 is 19.0 Å². The van der Waals surface area contributed by atoms with Crippen molar-refractivity contribution in [2.45, 2.75) is 43.0 Å². The molecule has 0 bridgehead atoms. The van der Waals surface area contributed by atoms with Crippen molar-refractivity contribution in [3.05, 3.63) is 76.2 Å². The van der Waals surface area contributed by atoms with Crippen LogP contribution in [0.2, 0.25) is 0 Å². The molecule has 1 unspecified atom stereocenters. The van der Waals surface area contributed by atoms with Crippen molar-refractivity contribution in [2.75, 3.05) is 6.61 Å². The Kier molecular flexibility index (Phi) is 6.50. The molecule has 1 saturated carbocycles. The van der Waals surface area contributed by atoms with Gasteiger partial charge in [-0.15, -0.1) is 0 Å². The molecule has 35 heavy (non-hydrogen) atoms. The molecule has 7 nitrogen and oxygen atoms in total. The predicted molar refractivity (Wildman–Crippen MR) is 133 cm³/mol. The van der Waals surface area contributed by atoms with Gasteiger partial charge in [0.05, 0.1) is 51.6 Å². The molecule has 10 heteroatoms. The van der Waals surface area contributed by atoms with E-state index in [1.807, 2.05) is 0 Å². The molecule has 182 valence electrons. The number of halogens is 2.